The quantitative estimate of drug-likeness (QED) is 0.772. The molecule has 0 spiro atoms. The summed E-state index contributed by atoms with van der Waals surface area (Å²) in [6, 6.07) is 16.8. The van der Waals surface area contributed by atoms with Crippen LogP contribution < -0.4 is 4.74 Å². The Morgan fingerprint density at radius 3 is 2.63 bits per heavy atom. The Bertz CT molecular complexity index is 578. The number of rotatable bonds is 2. The van der Waals surface area contributed by atoms with Crippen molar-refractivity contribution in [3.05, 3.63) is 65.7 Å². The lowest BCUT2D eigenvalue weighted by molar-refractivity contribution is -0.0581. The molecule has 0 saturated carbocycles. The van der Waals surface area contributed by atoms with Gasteiger partial charge in [-0.25, -0.2) is 4.79 Å². The van der Waals surface area contributed by atoms with Crippen molar-refractivity contribution in [2.75, 3.05) is 0 Å². The molecule has 1 unspecified atom stereocenters. The number of carbonyl (C=O) groups excluding carboxylic acids is 1. The van der Waals surface area contributed by atoms with Crippen LogP contribution in [0.5, 0.6) is 5.75 Å². The van der Waals surface area contributed by atoms with Crippen LogP contribution in [0.1, 0.15) is 22.3 Å². The second-order valence-electron chi connectivity index (χ2n) is 4.47. The van der Waals surface area contributed by atoms with Crippen LogP contribution in [-0.4, -0.2) is 12.3 Å². The maximum absolute atomic E-state index is 11.9. The van der Waals surface area contributed by atoms with Crippen LogP contribution in [0.4, 0.5) is 0 Å². The Labute approximate surface area is 111 Å². The summed E-state index contributed by atoms with van der Waals surface area (Å²) < 4.78 is 11.1. The van der Waals surface area contributed by atoms with E-state index in [9.17, 15) is 4.79 Å². The lowest BCUT2D eigenvalue weighted by Gasteiger charge is -2.25. The second kappa shape index (κ2) is 5.14. The molecule has 0 amide bonds. The van der Waals surface area contributed by atoms with E-state index in [0.29, 0.717) is 12.0 Å². The first kappa shape index (κ1) is 11.8. The molecule has 0 aromatic heterocycles. The maximum Gasteiger partial charge on any atom is 0.341 e. The molecule has 0 fully saturated rings. The number of ether oxygens (including phenoxy) is 2. The molecule has 2 aromatic rings. The van der Waals surface area contributed by atoms with E-state index >= 15 is 0 Å². The molecule has 96 valence electrons. The highest BCUT2D eigenvalue weighted by molar-refractivity contribution is 5.89. The summed E-state index contributed by atoms with van der Waals surface area (Å²) in [6.07, 6.45) is 1.06. The number of benzene rings is 2. The van der Waals surface area contributed by atoms with Crippen molar-refractivity contribution < 1.29 is 14.3 Å². The lowest BCUT2D eigenvalue weighted by Crippen LogP contribution is -2.28. The van der Waals surface area contributed by atoms with Crippen LogP contribution in [0.25, 0.3) is 0 Å². The zero-order valence-electron chi connectivity index (χ0n) is 10.4. The lowest BCUT2D eigenvalue weighted by atomic mass is 10.1. The van der Waals surface area contributed by atoms with Gasteiger partial charge in [-0.3, -0.25) is 0 Å². The number of para-hydroxylation sites is 1. The standard InChI is InChI=1S/C16H14O3/c17-16(13-7-2-1-3-8-13)19-15-11-10-12-6-4-5-9-14(12)18-15/h1-9,15H,10-11H2. The molecule has 2 aromatic carbocycles. The minimum absolute atomic E-state index is 0.343. The number of hydrogen-bond donors (Lipinski definition) is 0. The van der Waals surface area contributed by atoms with Gasteiger partial charge in [0.15, 0.2) is 0 Å². The topological polar surface area (TPSA) is 35.5 Å². The fourth-order valence-electron chi connectivity index (χ4n) is 2.14. The Morgan fingerprint density at radius 2 is 1.79 bits per heavy atom. The molecule has 3 nitrogen and oxygen atoms in total. The largest absolute Gasteiger partial charge is 0.454 e. The van der Waals surface area contributed by atoms with Gasteiger partial charge in [-0.05, 0) is 30.2 Å². The summed E-state index contributed by atoms with van der Waals surface area (Å²) in [6.45, 7) is 0. The Morgan fingerprint density at radius 1 is 1.05 bits per heavy atom. The van der Waals surface area contributed by atoms with Gasteiger partial charge >= 0.3 is 5.97 Å². The molecule has 1 atom stereocenters. The molecule has 0 radical (unpaired) electrons. The third kappa shape index (κ3) is 2.60. The van der Waals surface area contributed by atoms with Crippen LogP contribution in [0.2, 0.25) is 0 Å². The monoisotopic (exact) mass is 254 g/mol. The molecule has 1 aliphatic rings. The van der Waals surface area contributed by atoms with Gasteiger partial charge in [-0.15, -0.1) is 0 Å². The van der Waals surface area contributed by atoms with E-state index in [1.165, 1.54) is 0 Å². The van der Waals surface area contributed by atoms with Gasteiger partial charge < -0.3 is 9.47 Å². The molecular weight excluding hydrogens is 240 g/mol. The Balaban J connectivity index is 1.68. The third-order valence-corrected chi connectivity index (χ3v) is 3.13. The van der Waals surface area contributed by atoms with Gasteiger partial charge in [0.1, 0.15) is 5.75 Å². The predicted molar refractivity (Wildman–Crippen MR) is 71.0 cm³/mol. The van der Waals surface area contributed by atoms with E-state index in [4.69, 9.17) is 9.47 Å². The zero-order valence-corrected chi connectivity index (χ0v) is 10.4. The Kier molecular flexibility index (Phi) is 3.19. The highest BCUT2D eigenvalue weighted by Gasteiger charge is 2.23. The van der Waals surface area contributed by atoms with E-state index < -0.39 is 6.29 Å². The predicted octanol–water partition coefficient (Wildman–Crippen LogP) is 3.19. The molecule has 19 heavy (non-hydrogen) atoms. The van der Waals surface area contributed by atoms with Crippen LogP contribution in [0.3, 0.4) is 0 Å². The summed E-state index contributed by atoms with van der Waals surface area (Å²) in [5.74, 6) is 0.463. The van der Waals surface area contributed by atoms with Crippen LogP contribution in [-0.2, 0) is 11.2 Å². The minimum Gasteiger partial charge on any atom is -0.454 e. The highest BCUT2D eigenvalue weighted by Crippen LogP contribution is 2.27. The normalized spacial score (nSPS) is 17.2. The average molecular weight is 254 g/mol. The third-order valence-electron chi connectivity index (χ3n) is 3.13. The molecule has 3 rings (SSSR count). The summed E-state index contributed by atoms with van der Waals surface area (Å²) in [4.78, 5) is 11.9. The number of carbonyl (C=O) groups is 1. The summed E-state index contributed by atoms with van der Waals surface area (Å²) in [7, 11) is 0. The SMILES string of the molecule is O=C(OC1CCc2ccccc2O1)c1ccccc1. The van der Waals surface area contributed by atoms with E-state index in [1.54, 1.807) is 12.1 Å². The zero-order chi connectivity index (χ0) is 13.1. The average Bonchev–Trinajstić information content (AvgIpc) is 2.48. The van der Waals surface area contributed by atoms with Gasteiger partial charge in [-0.2, -0.15) is 0 Å². The Hall–Kier alpha value is -2.29. The molecule has 0 bridgehead atoms. The molecule has 0 saturated heterocycles. The second-order valence-corrected chi connectivity index (χ2v) is 4.47. The minimum atomic E-state index is -0.498. The first-order valence-electron chi connectivity index (χ1n) is 6.33. The molecule has 1 heterocycles. The van der Waals surface area contributed by atoms with Crippen molar-refractivity contribution in [2.45, 2.75) is 19.1 Å². The fraction of sp³-hybridized carbons (Fsp3) is 0.188. The summed E-state index contributed by atoms with van der Waals surface area (Å²) >= 11 is 0. The van der Waals surface area contributed by atoms with Crippen LogP contribution in [0, 0.1) is 0 Å². The molecular formula is C16H14O3. The summed E-state index contributed by atoms with van der Waals surface area (Å²) in [5.41, 5.74) is 1.71. The van der Waals surface area contributed by atoms with Crippen molar-refractivity contribution in [2.24, 2.45) is 0 Å². The number of fused-ring (bicyclic) bond motifs is 1. The number of aryl methyl sites for hydroxylation is 1. The fourth-order valence-corrected chi connectivity index (χ4v) is 2.14. The molecule has 0 aliphatic carbocycles. The van der Waals surface area contributed by atoms with E-state index in [0.717, 1.165) is 17.7 Å². The van der Waals surface area contributed by atoms with Crippen LogP contribution in [0.15, 0.2) is 54.6 Å². The van der Waals surface area contributed by atoms with Gasteiger partial charge in [0.2, 0.25) is 6.29 Å². The molecule has 0 N–H and O–H groups in total. The number of esters is 1. The van der Waals surface area contributed by atoms with Gasteiger partial charge in [0.25, 0.3) is 0 Å². The van der Waals surface area contributed by atoms with Gasteiger partial charge in [0, 0.05) is 6.42 Å². The van der Waals surface area contributed by atoms with Gasteiger partial charge in [-0.1, -0.05) is 36.4 Å². The van der Waals surface area contributed by atoms with E-state index in [1.807, 2.05) is 42.5 Å². The van der Waals surface area contributed by atoms with Gasteiger partial charge in [0.05, 0.1) is 5.56 Å². The molecule has 1 aliphatic heterocycles. The summed E-state index contributed by atoms with van der Waals surface area (Å²) in [5, 5.41) is 0. The van der Waals surface area contributed by atoms with E-state index in [2.05, 4.69) is 0 Å². The van der Waals surface area contributed by atoms with E-state index in [-0.39, 0.29) is 5.97 Å². The van der Waals surface area contributed by atoms with Crippen molar-refractivity contribution in [1.29, 1.82) is 0 Å². The van der Waals surface area contributed by atoms with Crippen molar-refractivity contribution in [1.82, 2.24) is 0 Å². The first-order valence-corrected chi connectivity index (χ1v) is 6.33. The maximum atomic E-state index is 11.9. The van der Waals surface area contributed by atoms with Crippen molar-refractivity contribution in [3.8, 4) is 5.75 Å². The van der Waals surface area contributed by atoms with Crippen molar-refractivity contribution in [3.63, 3.8) is 0 Å². The molecule has 3 heteroatoms. The highest BCUT2D eigenvalue weighted by atomic mass is 16.7. The smallest absolute Gasteiger partial charge is 0.341 e. The van der Waals surface area contributed by atoms with Crippen LogP contribution >= 0.6 is 0 Å². The van der Waals surface area contributed by atoms with Crippen molar-refractivity contribution >= 4 is 5.97 Å². The first-order chi connectivity index (χ1) is 9.33. The number of hydrogen-bond acceptors (Lipinski definition) is 3.